The number of halogens is 2. The van der Waals surface area contributed by atoms with Crippen LogP contribution in [0.2, 0.25) is 10.0 Å². The van der Waals surface area contributed by atoms with E-state index in [1.54, 1.807) is 25.3 Å². The molecule has 31 heavy (non-hydrogen) atoms. The molecule has 0 radical (unpaired) electrons. The molecule has 0 saturated carbocycles. The predicted octanol–water partition coefficient (Wildman–Crippen LogP) is 5.97. The van der Waals surface area contributed by atoms with E-state index < -0.39 is 0 Å². The first-order valence-corrected chi connectivity index (χ1v) is 10.6. The van der Waals surface area contributed by atoms with Crippen LogP contribution in [0, 0.1) is 0 Å². The Bertz CT molecular complexity index is 1220. The van der Waals surface area contributed by atoms with Crippen molar-refractivity contribution in [1.29, 1.82) is 0 Å². The van der Waals surface area contributed by atoms with Gasteiger partial charge in [-0.3, -0.25) is 4.79 Å². The number of hydrogen-bond acceptors (Lipinski definition) is 3. The Morgan fingerprint density at radius 3 is 2.58 bits per heavy atom. The molecule has 1 heterocycles. The van der Waals surface area contributed by atoms with Crippen LogP contribution in [0.5, 0.6) is 5.75 Å². The number of anilines is 1. The number of nitrogens with one attached hydrogen (secondary N) is 1. The van der Waals surface area contributed by atoms with Crippen LogP contribution in [0.15, 0.2) is 66.7 Å². The lowest BCUT2D eigenvalue weighted by atomic mass is 10.2. The van der Waals surface area contributed by atoms with Crippen molar-refractivity contribution in [2.75, 3.05) is 12.4 Å². The van der Waals surface area contributed by atoms with E-state index in [1.807, 2.05) is 48.5 Å². The largest absolute Gasteiger partial charge is 0.497 e. The zero-order chi connectivity index (χ0) is 21.8. The number of rotatable bonds is 7. The molecule has 0 aliphatic carbocycles. The van der Waals surface area contributed by atoms with E-state index in [2.05, 4.69) is 9.88 Å². The molecule has 0 spiro atoms. The molecule has 4 aromatic rings. The molecule has 3 aromatic carbocycles. The molecule has 0 atom stereocenters. The monoisotopic (exact) mass is 453 g/mol. The average molecular weight is 454 g/mol. The van der Waals surface area contributed by atoms with E-state index in [0.29, 0.717) is 28.7 Å². The Labute approximate surface area is 190 Å². The summed E-state index contributed by atoms with van der Waals surface area (Å²) in [6.07, 6.45) is 0.784. The Hall–Kier alpha value is -3.02. The summed E-state index contributed by atoms with van der Waals surface area (Å²) < 4.78 is 7.40. The van der Waals surface area contributed by atoms with Gasteiger partial charge in [0.25, 0.3) is 0 Å². The van der Waals surface area contributed by atoms with Crippen LogP contribution in [-0.2, 0) is 17.8 Å². The summed E-state index contributed by atoms with van der Waals surface area (Å²) >= 11 is 12.1. The standard InChI is InChI=1S/C24H21Cl2N3O2/c1-31-18-9-6-16(7-10-18)15-29-22-5-3-2-4-21(22)27-23(29)12-13-24(30)28-20-11-8-17(25)14-19(20)26/h2-11,14H,12-13,15H2,1H3,(H,28,30). The fourth-order valence-electron chi connectivity index (χ4n) is 3.44. The Morgan fingerprint density at radius 1 is 1.06 bits per heavy atom. The third-order valence-electron chi connectivity index (χ3n) is 5.01. The van der Waals surface area contributed by atoms with Gasteiger partial charge in [-0.1, -0.05) is 47.5 Å². The van der Waals surface area contributed by atoms with Gasteiger partial charge in [-0.25, -0.2) is 4.98 Å². The van der Waals surface area contributed by atoms with Crippen molar-refractivity contribution in [3.05, 3.63) is 88.2 Å². The number of aromatic nitrogens is 2. The lowest BCUT2D eigenvalue weighted by Gasteiger charge is -2.11. The van der Waals surface area contributed by atoms with Crippen molar-refractivity contribution in [3.8, 4) is 5.75 Å². The van der Waals surface area contributed by atoms with Gasteiger partial charge in [0.05, 0.1) is 28.9 Å². The number of aryl methyl sites for hydroxylation is 1. The number of nitrogens with zero attached hydrogens (tertiary/aromatic N) is 2. The number of carbonyl (C=O) groups is 1. The van der Waals surface area contributed by atoms with E-state index in [1.165, 1.54) is 0 Å². The van der Waals surface area contributed by atoms with Crippen LogP contribution >= 0.6 is 23.2 Å². The third-order valence-corrected chi connectivity index (χ3v) is 5.56. The Balaban J connectivity index is 1.52. The zero-order valence-electron chi connectivity index (χ0n) is 16.9. The minimum atomic E-state index is -0.132. The molecule has 7 heteroatoms. The maximum atomic E-state index is 12.5. The second-order valence-electron chi connectivity index (χ2n) is 7.12. The maximum Gasteiger partial charge on any atom is 0.224 e. The molecule has 0 fully saturated rings. The normalized spacial score (nSPS) is 10.9. The van der Waals surface area contributed by atoms with E-state index in [-0.39, 0.29) is 12.3 Å². The number of methoxy groups -OCH3 is 1. The summed E-state index contributed by atoms with van der Waals surface area (Å²) in [6.45, 7) is 0.657. The topological polar surface area (TPSA) is 56.1 Å². The molecule has 4 rings (SSSR count). The van der Waals surface area contributed by atoms with E-state index in [4.69, 9.17) is 32.9 Å². The molecule has 158 valence electrons. The van der Waals surface area contributed by atoms with Crippen molar-refractivity contribution in [3.63, 3.8) is 0 Å². The number of imidazole rings is 1. The predicted molar refractivity (Wildman–Crippen MR) is 125 cm³/mol. The molecule has 1 N–H and O–H groups in total. The van der Waals surface area contributed by atoms with Gasteiger partial charge in [0.1, 0.15) is 11.6 Å². The smallest absolute Gasteiger partial charge is 0.224 e. The molecular weight excluding hydrogens is 433 g/mol. The SMILES string of the molecule is COc1ccc(Cn2c(CCC(=O)Nc3ccc(Cl)cc3Cl)nc3ccccc32)cc1. The fourth-order valence-corrected chi connectivity index (χ4v) is 3.89. The van der Waals surface area contributed by atoms with Crippen LogP contribution in [0.3, 0.4) is 0 Å². The number of amides is 1. The highest BCUT2D eigenvalue weighted by Gasteiger charge is 2.14. The van der Waals surface area contributed by atoms with Gasteiger partial charge in [-0.2, -0.15) is 0 Å². The minimum absolute atomic E-state index is 0.132. The van der Waals surface area contributed by atoms with Gasteiger partial charge in [0, 0.05) is 24.4 Å². The maximum absolute atomic E-state index is 12.5. The molecule has 0 unspecified atom stereocenters. The highest BCUT2D eigenvalue weighted by atomic mass is 35.5. The van der Waals surface area contributed by atoms with Crippen LogP contribution in [0.1, 0.15) is 17.8 Å². The van der Waals surface area contributed by atoms with Crippen molar-refractivity contribution >= 4 is 45.8 Å². The average Bonchev–Trinajstić information content (AvgIpc) is 3.12. The Kier molecular flexibility index (Phi) is 6.44. The van der Waals surface area contributed by atoms with Gasteiger partial charge in [0.2, 0.25) is 5.91 Å². The number of ether oxygens (including phenoxy) is 1. The second kappa shape index (κ2) is 9.41. The molecule has 1 aromatic heterocycles. The minimum Gasteiger partial charge on any atom is -0.497 e. The number of carbonyl (C=O) groups excluding carboxylic acids is 1. The first-order chi connectivity index (χ1) is 15.0. The van der Waals surface area contributed by atoms with Crippen LogP contribution in [0.25, 0.3) is 11.0 Å². The zero-order valence-corrected chi connectivity index (χ0v) is 18.5. The fraction of sp³-hybridized carbons (Fsp3) is 0.167. The summed E-state index contributed by atoms with van der Waals surface area (Å²) in [4.78, 5) is 17.3. The molecule has 0 bridgehead atoms. The first kappa shape index (κ1) is 21.2. The van der Waals surface area contributed by atoms with E-state index in [9.17, 15) is 4.79 Å². The first-order valence-electron chi connectivity index (χ1n) is 9.85. The van der Waals surface area contributed by atoms with E-state index in [0.717, 1.165) is 28.2 Å². The number of hydrogen-bond donors (Lipinski definition) is 1. The molecule has 5 nitrogen and oxygen atoms in total. The summed E-state index contributed by atoms with van der Waals surface area (Å²) in [6, 6.07) is 20.9. The molecule has 0 aliphatic heterocycles. The Morgan fingerprint density at radius 2 is 1.84 bits per heavy atom. The lowest BCUT2D eigenvalue weighted by molar-refractivity contribution is -0.116. The van der Waals surface area contributed by atoms with Crippen LogP contribution in [0.4, 0.5) is 5.69 Å². The summed E-state index contributed by atoms with van der Waals surface area (Å²) in [5, 5.41) is 3.78. The molecule has 1 amide bonds. The quantitative estimate of drug-likeness (QED) is 0.374. The number of para-hydroxylation sites is 2. The molecule has 0 aliphatic rings. The summed E-state index contributed by atoms with van der Waals surface area (Å²) in [7, 11) is 1.65. The van der Waals surface area contributed by atoms with Crippen LogP contribution in [-0.4, -0.2) is 22.6 Å². The molecular formula is C24H21Cl2N3O2. The molecule has 0 saturated heterocycles. The van der Waals surface area contributed by atoms with Gasteiger partial charge >= 0.3 is 0 Å². The third kappa shape index (κ3) is 5.01. The second-order valence-corrected chi connectivity index (χ2v) is 7.97. The van der Waals surface area contributed by atoms with E-state index >= 15 is 0 Å². The number of benzene rings is 3. The summed E-state index contributed by atoms with van der Waals surface area (Å²) in [5.74, 6) is 1.54. The number of fused-ring (bicyclic) bond motifs is 1. The van der Waals surface area contributed by atoms with Crippen molar-refractivity contribution in [2.45, 2.75) is 19.4 Å². The van der Waals surface area contributed by atoms with Gasteiger partial charge in [-0.05, 0) is 48.0 Å². The highest BCUT2D eigenvalue weighted by Crippen LogP contribution is 2.26. The highest BCUT2D eigenvalue weighted by molar-refractivity contribution is 6.36. The summed E-state index contributed by atoms with van der Waals surface area (Å²) in [5.41, 5.74) is 3.62. The van der Waals surface area contributed by atoms with Crippen molar-refractivity contribution < 1.29 is 9.53 Å². The van der Waals surface area contributed by atoms with Crippen molar-refractivity contribution in [2.24, 2.45) is 0 Å². The van der Waals surface area contributed by atoms with Gasteiger partial charge in [-0.15, -0.1) is 0 Å². The van der Waals surface area contributed by atoms with Gasteiger partial charge < -0.3 is 14.6 Å². The lowest BCUT2D eigenvalue weighted by Crippen LogP contribution is -2.14. The van der Waals surface area contributed by atoms with Crippen molar-refractivity contribution in [1.82, 2.24) is 9.55 Å². The van der Waals surface area contributed by atoms with Gasteiger partial charge in [0.15, 0.2) is 0 Å². The van der Waals surface area contributed by atoms with Crippen LogP contribution < -0.4 is 10.1 Å².